The van der Waals surface area contributed by atoms with Crippen molar-refractivity contribution in [2.45, 2.75) is 19.6 Å². The zero-order valence-electron chi connectivity index (χ0n) is 6.01. The summed E-state index contributed by atoms with van der Waals surface area (Å²) < 4.78 is 1.22. The molecular formula is C3H14N2OP2Si. The molecule has 9 heavy (non-hydrogen) atoms. The van der Waals surface area contributed by atoms with Crippen LogP contribution in [-0.4, -0.2) is 12.5 Å². The maximum Gasteiger partial charge on any atom is 0.216 e. The van der Waals surface area contributed by atoms with E-state index in [1.165, 1.54) is 4.21 Å². The van der Waals surface area contributed by atoms with E-state index in [-0.39, 0.29) is 0 Å². The molecule has 0 bridgehead atoms. The van der Waals surface area contributed by atoms with E-state index >= 15 is 0 Å². The van der Waals surface area contributed by atoms with E-state index < -0.39 is 8.32 Å². The van der Waals surface area contributed by atoms with Crippen LogP contribution in [0, 0.1) is 0 Å². The summed E-state index contributed by atoms with van der Waals surface area (Å²) in [5, 5.41) is 0. The Bertz CT molecular complexity index is 82.3. The molecule has 0 aromatic rings. The van der Waals surface area contributed by atoms with Gasteiger partial charge in [0.1, 0.15) is 0 Å². The van der Waals surface area contributed by atoms with Crippen LogP contribution in [-0.2, 0) is 0 Å². The smallest absolute Gasteiger partial charge is 0.216 e. The van der Waals surface area contributed by atoms with Crippen LogP contribution in [0.1, 0.15) is 0 Å². The summed E-state index contributed by atoms with van der Waals surface area (Å²) in [6, 6.07) is 0. The number of hydrogen-bond donors (Lipinski definition) is 1. The van der Waals surface area contributed by atoms with E-state index in [0.29, 0.717) is 0 Å². The van der Waals surface area contributed by atoms with Gasteiger partial charge in [-0.3, -0.25) is 0 Å². The first-order valence-corrected chi connectivity index (χ1v) is 6.82. The van der Waals surface area contributed by atoms with E-state index in [4.69, 9.17) is 5.84 Å². The van der Waals surface area contributed by atoms with Gasteiger partial charge in [0, 0.05) is 0 Å². The van der Waals surface area contributed by atoms with E-state index in [2.05, 4.69) is 18.4 Å². The third-order valence-electron chi connectivity index (χ3n) is 0. The second-order valence-corrected chi connectivity index (χ2v) is 8.33. The van der Waals surface area contributed by atoms with Crippen molar-refractivity contribution in [2.75, 3.05) is 0 Å². The van der Waals surface area contributed by atoms with Gasteiger partial charge < -0.3 is 4.80 Å². The fourth-order valence-electron chi connectivity index (χ4n) is 0. The third kappa shape index (κ3) is 866. The summed E-state index contributed by atoms with van der Waals surface area (Å²) in [6.07, 6.45) is 0. The second-order valence-electron chi connectivity index (χ2n) is 2.52. The highest BCUT2D eigenvalue weighted by molar-refractivity contribution is 7.15. The van der Waals surface area contributed by atoms with E-state index in [9.17, 15) is 4.80 Å². The Morgan fingerprint density at radius 3 is 1.56 bits per heavy atom. The van der Waals surface area contributed by atoms with E-state index in [1.54, 1.807) is 19.6 Å². The molecule has 1 unspecified atom stereocenters. The molecule has 0 aliphatic carbocycles. The van der Waals surface area contributed by atoms with Gasteiger partial charge in [-0.15, -0.1) is 10.1 Å². The fourth-order valence-corrected chi connectivity index (χ4v) is 0. The molecule has 0 radical (unpaired) electrons. The van der Waals surface area contributed by atoms with Gasteiger partial charge in [-0.05, 0) is 0 Å². The van der Waals surface area contributed by atoms with Crippen LogP contribution in [0.5, 0.6) is 0 Å². The highest BCUT2D eigenvalue weighted by atomic mass is 31.1. The third-order valence-corrected chi connectivity index (χ3v) is 0. The molecular weight excluding hydrogens is 170 g/mol. The minimum atomic E-state index is -1.86. The molecule has 0 rings (SSSR count). The lowest BCUT2D eigenvalue weighted by Gasteiger charge is -2.21. The maximum atomic E-state index is 10.2. The normalized spacial score (nSPS) is 9.56. The standard InChI is InChI=1S/C3H9OSi.H5N2P2/c1-5(2,3)4;1-2(3)4/h1-3H3;3H,1,4H2/q-1;+1. The predicted molar refractivity (Wildman–Crippen MR) is 45.8 cm³/mol. The van der Waals surface area contributed by atoms with Gasteiger partial charge in [0.15, 0.2) is 9.39 Å². The lowest BCUT2D eigenvalue weighted by molar-refractivity contribution is -0.332. The summed E-state index contributed by atoms with van der Waals surface area (Å²) >= 11 is 0. The van der Waals surface area contributed by atoms with Crippen LogP contribution in [0.15, 0.2) is 0 Å². The van der Waals surface area contributed by atoms with Crippen molar-refractivity contribution in [3.05, 3.63) is 0 Å². The molecule has 0 heterocycles. The lowest BCUT2D eigenvalue weighted by atomic mass is 11.8. The first kappa shape index (κ1) is 12.4. The van der Waals surface area contributed by atoms with Crippen LogP contribution in [0.4, 0.5) is 0 Å². The van der Waals surface area contributed by atoms with Gasteiger partial charge in [-0.1, -0.05) is 28.0 Å². The van der Waals surface area contributed by atoms with Crippen molar-refractivity contribution in [1.82, 2.24) is 0 Å². The number of hydrogen-bond acceptors (Lipinski definition) is 1. The van der Waals surface area contributed by atoms with Gasteiger partial charge in [0.05, 0.1) is 0 Å². The second kappa shape index (κ2) is 5.45. The molecule has 0 aliphatic rings. The van der Waals surface area contributed by atoms with Crippen LogP contribution < -0.4 is 10.6 Å². The molecule has 0 amide bonds. The van der Waals surface area contributed by atoms with E-state index in [0.717, 1.165) is 0 Å². The molecule has 2 N–H and O–H groups in total. The number of nitrogens with two attached hydrogens (primary N) is 1. The molecule has 0 aromatic heterocycles. The topological polar surface area (TPSA) is 52.1 Å². The van der Waals surface area contributed by atoms with Crippen LogP contribution in [0.3, 0.4) is 0 Å². The minimum absolute atomic E-state index is 1.22. The summed E-state index contributed by atoms with van der Waals surface area (Å²) in [7, 11) is 3.21. The van der Waals surface area contributed by atoms with E-state index in [1.807, 2.05) is 0 Å². The highest BCUT2D eigenvalue weighted by Gasteiger charge is 1.86. The molecule has 0 saturated carbocycles. The Morgan fingerprint density at radius 1 is 1.56 bits per heavy atom. The number of nitrogens with zero attached hydrogens (tertiary/aromatic N) is 1. The van der Waals surface area contributed by atoms with Gasteiger partial charge in [-0.2, -0.15) is 0 Å². The van der Waals surface area contributed by atoms with Crippen molar-refractivity contribution in [3.8, 4) is 0 Å². The minimum Gasteiger partial charge on any atom is -0.859 e. The summed E-state index contributed by atoms with van der Waals surface area (Å²) in [5.74, 6) is 4.82. The first-order valence-electron chi connectivity index (χ1n) is 2.44. The molecule has 0 aliphatic heterocycles. The Hall–Kier alpha value is 0.667. The Labute approximate surface area is 61.9 Å². The largest absolute Gasteiger partial charge is 0.859 e. The molecule has 6 heteroatoms. The van der Waals surface area contributed by atoms with Crippen molar-refractivity contribution in [2.24, 2.45) is 5.84 Å². The summed E-state index contributed by atoms with van der Waals surface area (Å²) in [4.78, 5) is 10.2. The average Bonchev–Trinajstić information content (AvgIpc) is 1.19. The van der Waals surface area contributed by atoms with Gasteiger partial charge in [0.25, 0.3) is 0 Å². The van der Waals surface area contributed by atoms with Gasteiger partial charge in [0.2, 0.25) is 9.03 Å². The Kier molecular flexibility index (Phi) is 7.48. The SMILES string of the molecule is C[Si](C)(C)[O-].N[N+](=P)P. The predicted octanol–water partition coefficient (Wildman–Crippen LogP) is 0.171. The highest BCUT2D eigenvalue weighted by Crippen LogP contribution is 1.82. The lowest BCUT2D eigenvalue weighted by Crippen LogP contribution is -2.38. The fraction of sp³-hybridized carbons (Fsp3) is 1.00. The number of hydrazine groups is 1. The molecule has 0 spiro atoms. The zero-order chi connectivity index (χ0) is 8.08. The zero-order valence-corrected chi connectivity index (χ0v) is 9.16. The first-order chi connectivity index (χ1) is 3.73. The van der Waals surface area contributed by atoms with Gasteiger partial charge >= 0.3 is 0 Å². The molecule has 56 valence electrons. The Morgan fingerprint density at radius 2 is 1.56 bits per heavy atom. The number of rotatable bonds is 0. The summed E-state index contributed by atoms with van der Waals surface area (Å²) in [6.45, 7) is 5.31. The maximum absolute atomic E-state index is 10.2. The van der Waals surface area contributed by atoms with Crippen LogP contribution in [0.2, 0.25) is 19.6 Å². The molecule has 0 saturated heterocycles. The van der Waals surface area contributed by atoms with Crippen molar-refractivity contribution in [1.29, 1.82) is 0 Å². The molecule has 0 fully saturated rings. The molecule has 3 nitrogen and oxygen atoms in total. The Balaban J connectivity index is 0. The monoisotopic (exact) mass is 184 g/mol. The van der Waals surface area contributed by atoms with Crippen LogP contribution >= 0.6 is 18.4 Å². The van der Waals surface area contributed by atoms with Crippen molar-refractivity contribution >= 4 is 26.7 Å². The van der Waals surface area contributed by atoms with Gasteiger partial charge in [-0.25, -0.2) is 0 Å². The average molecular weight is 184 g/mol. The van der Waals surface area contributed by atoms with Crippen LogP contribution in [0.25, 0.3) is 0 Å². The van der Waals surface area contributed by atoms with Crippen molar-refractivity contribution < 1.29 is 9.00 Å². The quantitative estimate of drug-likeness (QED) is 0.252. The van der Waals surface area contributed by atoms with Crippen molar-refractivity contribution in [3.63, 3.8) is 0 Å². The molecule has 0 aromatic carbocycles. The summed E-state index contributed by atoms with van der Waals surface area (Å²) in [5.41, 5.74) is 0. The molecule has 1 atom stereocenters.